The highest BCUT2D eigenvalue weighted by Gasteiger charge is 2.17. The van der Waals surface area contributed by atoms with E-state index in [0.717, 1.165) is 5.69 Å². The van der Waals surface area contributed by atoms with Crippen LogP contribution in [0, 0.1) is 6.92 Å². The summed E-state index contributed by atoms with van der Waals surface area (Å²) in [5, 5.41) is 5.18. The van der Waals surface area contributed by atoms with E-state index in [-0.39, 0.29) is 12.2 Å². The second kappa shape index (κ2) is 5.12. The van der Waals surface area contributed by atoms with E-state index in [2.05, 4.69) is 5.10 Å². The molecular formula is C13H12Cl2N2O. The van der Waals surface area contributed by atoms with Gasteiger partial charge in [0.05, 0.1) is 27.9 Å². The molecule has 0 saturated heterocycles. The van der Waals surface area contributed by atoms with Gasteiger partial charge < -0.3 is 0 Å². The van der Waals surface area contributed by atoms with Gasteiger partial charge in [-0.1, -0.05) is 35.3 Å². The standard InChI is InChI=1S/C13H12Cl2N2O/c1-8-13(15)11(17(2)16-8)7-12(18)9-5-3-4-6-10(9)14/h3-6H,7H2,1-2H3. The molecule has 18 heavy (non-hydrogen) atoms. The fourth-order valence-corrected chi connectivity index (χ4v) is 2.27. The average molecular weight is 283 g/mol. The molecule has 94 valence electrons. The largest absolute Gasteiger partial charge is 0.294 e. The van der Waals surface area contributed by atoms with Gasteiger partial charge in [-0.2, -0.15) is 5.10 Å². The zero-order chi connectivity index (χ0) is 13.3. The second-order valence-electron chi connectivity index (χ2n) is 4.05. The Bertz CT molecular complexity index is 605. The first-order valence-electron chi connectivity index (χ1n) is 5.46. The molecule has 5 heteroatoms. The minimum absolute atomic E-state index is 0.0644. The monoisotopic (exact) mass is 282 g/mol. The van der Waals surface area contributed by atoms with Crippen LogP contribution in [0.2, 0.25) is 10.0 Å². The summed E-state index contributed by atoms with van der Waals surface area (Å²) < 4.78 is 1.63. The number of hydrogen-bond donors (Lipinski definition) is 0. The van der Waals surface area contributed by atoms with E-state index in [1.54, 1.807) is 36.0 Å². The zero-order valence-corrected chi connectivity index (χ0v) is 11.6. The molecule has 1 heterocycles. The van der Waals surface area contributed by atoms with Crippen LogP contribution >= 0.6 is 23.2 Å². The number of ketones is 1. The summed E-state index contributed by atoms with van der Waals surface area (Å²) in [4.78, 5) is 12.2. The molecular weight excluding hydrogens is 271 g/mol. The smallest absolute Gasteiger partial charge is 0.170 e. The average Bonchev–Trinajstić information content (AvgIpc) is 2.56. The van der Waals surface area contributed by atoms with Crippen LogP contribution in [0.5, 0.6) is 0 Å². The fraction of sp³-hybridized carbons (Fsp3) is 0.231. The SMILES string of the molecule is Cc1nn(C)c(CC(=O)c2ccccc2Cl)c1Cl. The maximum atomic E-state index is 12.2. The van der Waals surface area contributed by atoms with Crippen LogP contribution in [-0.2, 0) is 13.5 Å². The number of rotatable bonds is 3. The summed E-state index contributed by atoms with van der Waals surface area (Å²) in [5.41, 5.74) is 1.94. The molecule has 0 amide bonds. The normalized spacial score (nSPS) is 10.7. The number of benzene rings is 1. The molecule has 3 nitrogen and oxygen atoms in total. The molecule has 0 bridgehead atoms. The van der Waals surface area contributed by atoms with E-state index in [4.69, 9.17) is 23.2 Å². The first kappa shape index (κ1) is 13.1. The maximum Gasteiger partial charge on any atom is 0.170 e. The molecule has 0 aliphatic rings. The lowest BCUT2D eigenvalue weighted by Crippen LogP contribution is -2.08. The Kier molecular flexibility index (Phi) is 3.73. The summed E-state index contributed by atoms with van der Waals surface area (Å²) in [5.74, 6) is -0.0644. The number of halogens is 2. The van der Waals surface area contributed by atoms with Gasteiger partial charge in [-0.15, -0.1) is 0 Å². The van der Waals surface area contributed by atoms with Crippen LogP contribution in [0.3, 0.4) is 0 Å². The molecule has 0 spiro atoms. The third kappa shape index (κ3) is 2.42. The summed E-state index contributed by atoms with van der Waals surface area (Å²) in [6.45, 7) is 1.81. The molecule has 2 rings (SSSR count). The van der Waals surface area contributed by atoms with Crippen LogP contribution in [0.4, 0.5) is 0 Å². The Labute approximate surface area is 115 Å². The van der Waals surface area contributed by atoms with Crippen molar-refractivity contribution in [3.63, 3.8) is 0 Å². The van der Waals surface area contributed by atoms with E-state index in [1.807, 2.05) is 6.92 Å². The van der Waals surface area contributed by atoms with Gasteiger partial charge >= 0.3 is 0 Å². The van der Waals surface area contributed by atoms with Gasteiger partial charge in [-0.25, -0.2) is 0 Å². The van der Waals surface area contributed by atoms with Crippen molar-refractivity contribution >= 4 is 29.0 Å². The Morgan fingerprint density at radius 2 is 2.00 bits per heavy atom. The zero-order valence-electron chi connectivity index (χ0n) is 10.1. The third-order valence-electron chi connectivity index (χ3n) is 2.76. The summed E-state index contributed by atoms with van der Waals surface area (Å²) in [6, 6.07) is 6.99. The van der Waals surface area contributed by atoms with E-state index >= 15 is 0 Å². The highest BCUT2D eigenvalue weighted by Crippen LogP contribution is 2.23. The van der Waals surface area contributed by atoms with Crippen molar-refractivity contribution in [3.8, 4) is 0 Å². The number of Topliss-reactive ketones (excluding diaryl/α,β-unsaturated/α-hetero) is 1. The molecule has 1 aromatic carbocycles. The highest BCUT2D eigenvalue weighted by molar-refractivity contribution is 6.34. The van der Waals surface area contributed by atoms with Crippen LogP contribution in [0.1, 0.15) is 21.7 Å². The van der Waals surface area contributed by atoms with Gasteiger partial charge in [0.1, 0.15) is 0 Å². The van der Waals surface area contributed by atoms with Crippen LogP contribution in [-0.4, -0.2) is 15.6 Å². The third-order valence-corrected chi connectivity index (χ3v) is 3.59. The molecule has 0 aliphatic carbocycles. The maximum absolute atomic E-state index is 12.2. The molecule has 0 unspecified atom stereocenters. The van der Waals surface area contributed by atoms with E-state index in [1.165, 1.54) is 0 Å². The first-order valence-corrected chi connectivity index (χ1v) is 6.22. The minimum atomic E-state index is -0.0644. The molecule has 0 atom stereocenters. The predicted molar refractivity (Wildman–Crippen MR) is 72.4 cm³/mol. The molecule has 0 N–H and O–H groups in total. The number of carbonyl (C=O) groups excluding carboxylic acids is 1. The Morgan fingerprint density at radius 3 is 2.56 bits per heavy atom. The quantitative estimate of drug-likeness (QED) is 0.808. The van der Waals surface area contributed by atoms with Crippen molar-refractivity contribution in [1.29, 1.82) is 0 Å². The van der Waals surface area contributed by atoms with Crippen molar-refractivity contribution in [3.05, 3.63) is 51.3 Å². The van der Waals surface area contributed by atoms with Crippen molar-refractivity contribution in [2.75, 3.05) is 0 Å². The molecule has 0 fully saturated rings. The molecule has 0 aliphatic heterocycles. The second-order valence-corrected chi connectivity index (χ2v) is 4.83. The minimum Gasteiger partial charge on any atom is -0.294 e. The van der Waals surface area contributed by atoms with Gasteiger partial charge in [-0.3, -0.25) is 9.48 Å². The van der Waals surface area contributed by atoms with Gasteiger partial charge in [0, 0.05) is 12.6 Å². The lowest BCUT2D eigenvalue weighted by atomic mass is 10.1. The number of nitrogens with zero attached hydrogens (tertiary/aromatic N) is 2. The Balaban J connectivity index is 2.30. The Morgan fingerprint density at radius 1 is 1.33 bits per heavy atom. The Hall–Kier alpha value is -1.32. The predicted octanol–water partition coefficient (Wildman–Crippen LogP) is 3.46. The van der Waals surface area contributed by atoms with Gasteiger partial charge in [0.15, 0.2) is 5.78 Å². The van der Waals surface area contributed by atoms with E-state index < -0.39 is 0 Å². The van der Waals surface area contributed by atoms with E-state index in [9.17, 15) is 4.79 Å². The summed E-state index contributed by atoms with van der Waals surface area (Å²) >= 11 is 12.1. The van der Waals surface area contributed by atoms with Crippen LogP contribution < -0.4 is 0 Å². The van der Waals surface area contributed by atoms with Crippen molar-refractivity contribution in [2.24, 2.45) is 7.05 Å². The fourth-order valence-electron chi connectivity index (χ4n) is 1.81. The first-order chi connectivity index (χ1) is 8.50. The lowest BCUT2D eigenvalue weighted by Gasteiger charge is -2.04. The molecule has 1 aromatic heterocycles. The lowest BCUT2D eigenvalue weighted by molar-refractivity contribution is 0.0991. The van der Waals surface area contributed by atoms with Crippen molar-refractivity contribution in [1.82, 2.24) is 9.78 Å². The molecule has 2 aromatic rings. The summed E-state index contributed by atoms with van der Waals surface area (Å²) in [6.07, 6.45) is 0.194. The summed E-state index contributed by atoms with van der Waals surface area (Å²) in [7, 11) is 1.77. The van der Waals surface area contributed by atoms with Crippen molar-refractivity contribution in [2.45, 2.75) is 13.3 Å². The van der Waals surface area contributed by atoms with Gasteiger partial charge in [0.2, 0.25) is 0 Å². The highest BCUT2D eigenvalue weighted by atomic mass is 35.5. The molecule has 0 saturated carbocycles. The van der Waals surface area contributed by atoms with Gasteiger partial charge in [0.25, 0.3) is 0 Å². The number of aryl methyl sites for hydroxylation is 2. The number of carbonyl (C=O) groups is 1. The topological polar surface area (TPSA) is 34.9 Å². The van der Waals surface area contributed by atoms with Crippen molar-refractivity contribution < 1.29 is 4.79 Å². The number of aromatic nitrogens is 2. The number of hydrogen-bond acceptors (Lipinski definition) is 2. The van der Waals surface area contributed by atoms with Gasteiger partial charge in [-0.05, 0) is 19.1 Å². The van der Waals surface area contributed by atoms with E-state index in [0.29, 0.717) is 21.3 Å². The molecule has 0 radical (unpaired) electrons. The van der Waals surface area contributed by atoms with Crippen LogP contribution in [0.25, 0.3) is 0 Å². The van der Waals surface area contributed by atoms with Crippen LogP contribution in [0.15, 0.2) is 24.3 Å².